The first-order valence-corrected chi connectivity index (χ1v) is 6.18. The van der Waals surface area contributed by atoms with Crippen molar-refractivity contribution in [3.63, 3.8) is 0 Å². The third-order valence-corrected chi connectivity index (χ3v) is 2.56. The minimum absolute atomic E-state index is 0.282. The average molecular weight is 327 g/mol. The van der Waals surface area contributed by atoms with Gasteiger partial charge in [-0.25, -0.2) is 0 Å². The smallest absolute Gasteiger partial charge is 0.303 e. The van der Waals surface area contributed by atoms with Crippen molar-refractivity contribution in [1.82, 2.24) is 0 Å². The van der Waals surface area contributed by atoms with Gasteiger partial charge < -0.3 is 28.4 Å². The van der Waals surface area contributed by atoms with Crippen molar-refractivity contribution in [3.8, 4) is 0 Å². The molecular weight excluding hydrogens is 296 g/mol. The summed E-state index contributed by atoms with van der Waals surface area (Å²) in [6.45, 7) is 0.308. The molecule has 22 heavy (non-hydrogen) atoms. The molecule has 0 fully saturated rings. The average Bonchev–Trinajstić information content (AvgIpc) is 2.59. The number of rotatable bonds is 11. The van der Waals surface area contributed by atoms with Crippen LogP contribution in [0.3, 0.4) is 0 Å². The maximum atomic E-state index is 11.4. The van der Waals surface area contributed by atoms with E-state index in [4.69, 9.17) is 35.3 Å². The molecule has 0 aromatic heterocycles. The Kier molecular flexibility index (Phi) is 6.84. The van der Waals surface area contributed by atoms with E-state index in [9.17, 15) is 9.59 Å². The van der Waals surface area contributed by atoms with Crippen molar-refractivity contribution in [3.05, 3.63) is 0 Å². The molecule has 1 unspecified atom stereocenters. The summed E-state index contributed by atoms with van der Waals surface area (Å²) in [5.74, 6) is -1.47. The lowest BCUT2D eigenvalue weighted by Crippen LogP contribution is -2.51. The van der Waals surface area contributed by atoms with E-state index in [1.54, 1.807) is 0 Å². The topological polar surface area (TPSA) is 89.5 Å². The largest absolute Gasteiger partial charge is 0.463 e. The van der Waals surface area contributed by atoms with Gasteiger partial charge in [-0.2, -0.15) is 0 Å². The van der Waals surface area contributed by atoms with Crippen molar-refractivity contribution in [1.29, 1.82) is 0 Å². The number of methoxy groups -OCH3 is 4. The Bertz CT molecular complexity index is 430. The van der Waals surface area contributed by atoms with Crippen LogP contribution in [0.4, 0.5) is 0 Å². The Hall–Kier alpha value is -1.22. The van der Waals surface area contributed by atoms with Crippen LogP contribution in [0.5, 0.6) is 0 Å². The van der Waals surface area contributed by atoms with E-state index in [0.717, 1.165) is 13.8 Å². The predicted molar refractivity (Wildman–Crippen MR) is 76.5 cm³/mol. The molecule has 0 aliphatic rings. The summed E-state index contributed by atoms with van der Waals surface area (Å²) in [4.78, 5) is 22.6. The molecule has 0 bridgehead atoms. The number of esters is 2. The lowest BCUT2D eigenvalue weighted by atomic mass is 10.0. The molecular formula is C14H26O8. The van der Waals surface area contributed by atoms with E-state index in [0.29, 0.717) is 0 Å². The molecule has 0 amide bonds. The lowest BCUT2D eigenvalue weighted by Gasteiger charge is -2.34. The molecule has 0 N–H and O–H groups in total. The first-order valence-electron chi connectivity index (χ1n) is 9.59. The van der Waals surface area contributed by atoms with Gasteiger partial charge in [0.05, 0.1) is 13.5 Å². The second-order valence-electron chi connectivity index (χ2n) is 4.16. The second kappa shape index (κ2) is 11.4. The molecule has 8 nitrogen and oxygen atoms in total. The Morgan fingerprint density at radius 2 is 1.59 bits per heavy atom. The van der Waals surface area contributed by atoms with Crippen LogP contribution in [0.15, 0.2) is 0 Å². The summed E-state index contributed by atoms with van der Waals surface area (Å²) in [6.07, 6.45) is -5.08. The zero-order chi connectivity index (χ0) is 20.8. The monoisotopic (exact) mass is 327 g/mol. The van der Waals surface area contributed by atoms with Crippen LogP contribution in [0.25, 0.3) is 0 Å². The van der Waals surface area contributed by atoms with Gasteiger partial charge in [-0.15, -0.1) is 0 Å². The van der Waals surface area contributed by atoms with E-state index >= 15 is 0 Å². The third kappa shape index (κ3) is 7.17. The fourth-order valence-electron chi connectivity index (χ4n) is 1.69. The minimum atomic E-state index is -1.63. The van der Waals surface area contributed by atoms with Crippen molar-refractivity contribution in [2.45, 2.75) is 38.3 Å². The van der Waals surface area contributed by atoms with Crippen molar-refractivity contribution in [2.24, 2.45) is 0 Å². The quantitative estimate of drug-likeness (QED) is 0.496. The van der Waals surface area contributed by atoms with Crippen LogP contribution < -0.4 is 0 Å². The molecule has 130 valence electrons. The summed E-state index contributed by atoms with van der Waals surface area (Å²) >= 11 is 0. The normalized spacial score (nSPS) is 20.9. The first kappa shape index (κ1) is 13.2. The first-order chi connectivity index (χ1) is 12.8. The maximum Gasteiger partial charge on any atom is 0.303 e. The summed E-state index contributed by atoms with van der Waals surface area (Å²) in [5.41, 5.74) is 0. The molecule has 0 spiro atoms. The maximum absolute atomic E-state index is 11.4. The molecule has 0 saturated carbocycles. The summed E-state index contributed by atoms with van der Waals surface area (Å²) in [6, 6.07) is 0. The Morgan fingerprint density at radius 1 is 0.955 bits per heavy atom. The molecule has 0 aromatic carbocycles. The third-order valence-electron chi connectivity index (χ3n) is 2.56. The number of ether oxygens (including phenoxy) is 6. The molecule has 0 aliphatic heterocycles. The number of hydrogen-bond acceptors (Lipinski definition) is 8. The van der Waals surface area contributed by atoms with E-state index in [2.05, 4.69) is 0 Å². The summed E-state index contributed by atoms with van der Waals surface area (Å²) in [5, 5.41) is 0. The highest BCUT2D eigenvalue weighted by Gasteiger charge is 2.38. The number of carbonyl (C=O) groups excluding carboxylic acids is 2. The van der Waals surface area contributed by atoms with E-state index in [1.165, 1.54) is 0 Å². The lowest BCUT2D eigenvalue weighted by molar-refractivity contribution is -0.185. The Labute approximate surface area is 138 Å². The van der Waals surface area contributed by atoms with Gasteiger partial charge in [0.1, 0.15) is 24.9 Å². The van der Waals surface area contributed by atoms with Crippen LogP contribution in [0.1, 0.15) is 20.7 Å². The zero-order valence-electron chi connectivity index (χ0n) is 17.7. The SMILES string of the molecule is [2H]COC[C@@H](OC(C)=O)[C@@H](OC[2H])[C@H](OC[2H])[C@H](OC[2H])C([2H])OC(C)=O. The summed E-state index contributed by atoms with van der Waals surface area (Å²) in [7, 11) is -2.25. The highest BCUT2D eigenvalue weighted by atomic mass is 16.6. The van der Waals surface area contributed by atoms with E-state index in [1.807, 2.05) is 0 Å². The molecule has 8 heteroatoms. The molecule has 0 rings (SSSR count). The zero-order valence-corrected chi connectivity index (χ0v) is 12.7. The van der Waals surface area contributed by atoms with E-state index < -0.39 is 71.3 Å². The number of hydrogen-bond donors (Lipinski definition) is 0. The van der Waals surface area contributed by atoms with Gasteiger partial charge in [-0.05, 0) is 0 Å². The van der Waals surface area contributed by atoms with Gasteiger partial charge in [0, 0.05) is 42.2 Å². The highest BCUT2D eigenvalue weighted by Crippen LogP contribution is 2.17. The van der Waals surface area contributed by atoms with Gasteiger partial charge in [-0.3, -0.25) is 9.59 Å². The molecule has 0 aromatic rings. The fourth-order valence-corrected chi connectivity index (χ4v) is 1.69. The van der Waals surface area contributed by atoms with Crippen molar-refractivity contribution in [2.75, 3.05) is 41.5 Å². The van der Waals surface area contributed by atoms with Gasteiger partial charge in [-0.1, -0.05) is 0 Å². The Balaban J connectivity index is 5.77. The minimum Gasteiger partial charge on any atom is -0.463 e. The standard InChI is InChI=1S/C14H26O8/c1-9(15)21-8-11(18-4)13(19-5)14(20-6)12(7-17-3)22-10(2)16/h11-14H,7-8H2,1-6H3/t11-,12-,13-,14-/m1/s1/i3D,4D,5D,6D,8D/t8?,11-,12-,13-,14-. The van der Waals surface area contributed by atoms with Gasteiger partial charge in [0.25, 0.3) is 0 Å². The van der Waals surface area contributed by atoms with Crippen LogP contribution in [-0.2, 0) is 38.0 Å². The van der Waals surface area contributed by atoms with E-state index in [-0.39, 0.29) is 6.61 Å². The van der Waals surface area contributed by atoms with Crippen LogP contribution in [-0.4, -0.2) is 77.9 Å². The van der Waals surface area contributed by atoms with Crippen LogP contribution in [0, 0.1) is 0 Å². The molecule has 0 heterocycles. The van der Waals surface area contributed by atoms with Crippen LogP contribution >= 0.6 is 0 Å². The Morgan fingerprint density at radius 3 is 2.09 bits per heavy atom. The fraction of sp³-hybridized carbons (Fsp3) is 0.857. The molecule has 0 radical (unpaired) electrons. The van der Waals surface area contributed by atoms with Crippen molar-refractivity contribution >= 4 is 11.9 Å². The number of carbonyl (C=O) groups is 2. The predicted octanol–water partition coefficient (Wildman–Crippen LogP) is 0.173. The van der Waals surface area contributed by atoms with Crippen molar-refractivity contribution < 1.29 is 44.9 Å². The van der Waals surface area contributed by atoms with Gasteiger partial charge in [0.2, 0.25) is 0 Å². The highest BCUT2D eigenvalue weighted by molar-refractivity contribution is 5.66. The molecule has 0 aliphatic carbocycles. The van der Waals surface area contributed by atoms with Gasteiger partial charge >= 0.3 is 11.9 Å². The second-order valence-corrected chi connectivity index (χ2v) is 4.16. The van der Waals surface area contributed by atoms with Crippen LogP contribution in [0.2, 0.25) is 0 Å². The van der Waals surface area contributed by atoms with Gasteiger partial charge in [0.15, 0.2) is 6.10 Å². The molecule has 5 atom stereocenters. The molecule has 0 saturated heterocycles. The summed E-state index contributed by atoms with van der Waals surface area (Å²) < 4.78 is 67.4.